The predicted molar refractivity (Wildman–Crippen MR) is 516 cm³/mol. The molecule has 0 aliphatic carbocycles. The number of rotatable bonds is 11. The average molecular weight is 1620 g/mol. The molecule has 0 radical (unpaired) electrons. The Morgan fingerprint density at radius 2 is 0.544 bits per heavy atom. The zero-order valence-corrected chi connectivity index (χ0v) is 72.1. The van der Waals surface area contributed by atoms with Gasteiger partial charge in [-0.25, -0.2) is 39.1 Å². The number of hydrogen-bond donors (Lipinski definition) is 0. The average Bonchev–Trinajstić information content (AvgIpc) is 1.55. The summed E-state index contributed by atoms with van der Waals surface area (Å²) in [6, 6.07) is 118. The first-order valence-electron chi connectivity index (χ1n) is 42.8. The van der Waals surface area contributed by atoms with Crippen LogP contribution in [-0.2, 0) is 21.7 Å². The second-order valence-electron chi connectivity index (χ2n) is 36.8. The summed E-state index contributed by atoms with van der Waals surface area (Å²) >= 11 is 0. The van der Waals surface area contributed by atoms with E-state index in [0.717, 1.165) is 105 Å². The molecule has 0 spiro atoms. The second-order valence-corrected chi connectivity index (χ2v) is 36.8. The van der Waals surface area contributed by atoms with Gasteiger partial charge in [-0.2, -0.15) is 0 Å². The molecule has 6 heterocycles. The van der Waals surface area contributed by atoms with Gasteiger partial charge in [0.15, 0.2) is 34.9 Å². The minimum absolute atomic E-state index is 0.0473. The quantitative estimate of drug-likeness (QED) is 0.120. The Hall–Kier alpha value is -15.1. The lowest BCUT2D eigenvalue weighted by atomic mass is 9.85. The van der Waals surface area contributed by atoms with Crippen LogP contribution in [0.25, 0.3) is 194 Å². The number of para-hydroxylation sites is 3. The van der Waals surface area contributed by atoms with E-state index in [4.69, 9.17) is 36.5 Å². The highest BCUT2D eigenvalue weighted by molar-refractivity contribution is 6.15. The van der Waals surface area contributed by atoms with E-state index in [9.17, 15) is 0 Å². The fraction of sp³-hybridized carbons (Fsp3) is 0.142. The van der Waals surface area contributed by atoms with Crippen LogP contribution in [0.2, 0.25) is 0 Å². The molecule has 0 atom stereocenters. The van der Waals surface area contributed by atoms with Crippen LogP contribution >= 0.6 is 0 Å². The first kappa shape index (κ1) is 78.5. The highest BCUT2D eigenvalue weighted by Gasteiger charge is 2.30. The normalized spacial score (nSPS) is 12.2. The molecule has 606 valence electrons. The first-order chi connectivity index (χ1) is 60.4. The van der Waals surface area contributed by atoms with Gasteiger partial charge in [0.05, 0.1) is 56.3 Å². The summed E-state index contributed by atoms with van der Waals surface area (Å²) in [6.07, 6.45) is 0. The molecule has 0 bridgehead atoms. The molecule has 21 rings (SSSR count). The number of nitrogens with zero attached hydrogens (tertiary/aromatic N) is 11. The van der Waals surface area contributed by atoms with Crippen LogP contribution < -0.4 is 0 Å². The summed E-state index contributed by atoms with van der Waals surface area (Å²) in [5.41, 5.74) is 24.0. The van der Waals surface area contributed by atoms with Gasteiger partial charge >= 0.3 is 0 Å². The summed E-state index contributed by atoms with van der Waals surface area (Å²) in [5.74, 6) is 2.36. The van der Waals surface area contributed by atoms with Crippen LogP contribution in [-0.4, -0.2) is 48.2 Å². The molecule has 11 nitrogen and oxygen atoms in total. The van der Waals surface area contributed by atoms with Crippen LogP contribution in [0, 0.1) is 12.4 Å². The standard InChI is InChI=1S/C62H60N6.C51H32FN5/c1-59(2,3)40-24-28-50-45(32-40)46-33-41(60(4,5)6)25-29-51(46)67(50)44-36-49(63-13)55(58-65-56(38-20-16-14-17-21-38)64-57(66-58)39-22-18-15-19-23-39)54(37-44)68-52-30-26-42(61(7,8)9)34-47(52)48-35-43(62(10,11)12)27-31-53(48)68;52-44-32-38(26-27-41(44)51-54-49(33-14-4-1-5-15-33)53-50(55-51)34-16-6-2-7-17-34)57-46-23-13-11-21-40(46)43-31-36(25-29-48(43)57)35-24-28-47-42(30-35)39-20-10-12-22-45(39)56(47)37-18-8-3-9-19-37/h14-37H,1-12H3;1-32H. The summed E-state index contributed by atoms with van der Waals surface area (Å²) in [5, 5.41) is 9.30. The maximum absolute atomic E-state index is 16.5. The number of halogens is 1. The van der Waals surface area contributed by atoms with Gasteiger partial charge in [0.25, 0.3) is 0 Å². The molecule has 125 heavy (non-hydrogen) atoms. The van der Waals surface area contributed by atoms with Crippen molar-refractivity contribution in [3.63, 3.8) is 0 Å². The Bertz CT molecular complexity index is 7620. The van der Waals surface area contributed by atoms with Crippen molar-refractivity contribution in [1.29, 1.82) is 0 Å². The second kappa shape index (κ2) is 30.5. The molecule has 0 amide bonds. The molecule has 0 saturated heterocycles. The highest BCUT2D eigenvalue weighted by atomic mass is 19.1. The Balaban J connectivity index is 0.000000160. The summed E-state index contributed by atoms with van der Waals surface area (Å²) in [6.45, 7) is 36.4. The molecule has 0 unspecified atom stereocenters. The molecular weight excluding hydrogens is 1530 g/mol. The van der Waals surface area contributed by atoms with Gasteiger partial charge in [-0.3, -0.25) is 0 Å². The lowest BCUT2D eigenvalue weighted by molar-refractivity contribution is 0.590. The third kappa shape index (κ3) is 14.2. The third-order valence-corrected chi connectivity index (χ3v) is 24.5. The Kier molecular flexibility index (Phi) is 19.2. The van der Waals surface area contributed by atoms with Crippen molar-refractivity contribution in [2.75, 3.05) is 0 Å². The van der Waals surface area contributed by atoms with E-state index in [-0.39, 0.29) is 27.5 Å². The molecule has 0 N–H and O–H groups in total. The molecule has 21 aromatic rings. The van der Waals surface area contributed by atoms with Crippen molar-refractivity contribution < 1.29 is 4.39 Å². The van der Waals surface area contributed by atoms with Crippen LogP contribution in [0.3, 0.4) is 0 Å². The van der Waals surface area contributed by atoms with Crippen molar-refractivity contribution >= 4 is 92.9 Å². The lowest BCUT2D eigenvalue weighted by Crippen LogP contribution is -2.10. The van der Waals surface area contributed by atoms with Gasteiger partial charge in [-0.05, 0) is 182 Å². The minimum atomic E-state index is -0.415. The maximum Gasteiger partial charge on any atom is 0.202 e. The van der Waals surface area contributed by atoms with Crippen molar-refractivity contribution in [3.8, 4) is 102 Å². The van der Waals surface area contributed by atoms with E-state index < -0.39 is 5.82 Å². The number of benzene rings is 15. The van der Waals surface area contributed by atoms with Gasteiger partial charge in [-0.1, -0.05) is 295 Å². The Morgan fingerprint density at radius 3 is 0.912 bits per heavy atom. The molecular formula is C113H92FN11. The lowest BCUT2D eigenvalue weighted by Gasteiger charge is -2.21. The molecule has 0 saturated carbocycles. The Morgan fingerprint density at radius 1 is 0.240 bits per heavy atom. The minimum Gasteiger partial charge on any atom is -0.310 e. The Labute approximate surface area is 727 Å². The first-order valence-corrected chi connectivity index (χ1v) is 42.8. The van der Waals surface area contributed by atoms with Crippen LogP contribution in [0.4, 0.5) is 10.1 Å². The number of hydrogen-bond acceptors (Lipinski definition) is 6. The predicted octanol–water partition coefficient (Wildman–Crippen LogP) is 29.7. The van der Waals surface area contributed by atoms with Gasteiger partial charge in [0.1, 0.15) is 5.82 Å². The highest BCUT2D eigenvalue weighted by Crippen LogP contribution is 2.48. The largest absolute Gasteiger partial charge is 0.310 e. The van der Waals surface area contributed by atoms with E-state index in [0.29, 0.717) is 51.6 Å². The topological polar surface area (TPSA) is 101 Å². The van der Waals surface area contributed by atoms with Crippen LogP contribution in [0.1, 0.15) is 105 Å². The number of aromatic nitrogens is 10. The summed E-state index contributed by atoms with van der Waals surface area (Å²) in [7, 11) is 0. The van der Waals surface area contributed by atoms with Gasteiger partial charge < -0.3 is 18.3 Å². The fourth-order valence-corrected chi connectivity index (χ4v) is 17.8. The van der Waals surface area contributed by atoms with Crippen LogP contribution in [0.5, 0.6) is 0 Å². The SMILES string of the molecule is Fc1cc(-n2c3ccccc3c3cc(-c4ccc5c(c4)c4ccccc4n5-c4ccccc4)ccc32)ccc1-c1nc(-c2ccccc2)nc(-c2ccccc2)n1.[C-]#[N+]c1cc(-n2c3ccc(C(C)(C)C)cc3c3cc(C(C)(C)C)ccc32)cc(-n2c3ccc(C(C)(C)C)cc3c3cc(C(C)(C)C)ccc32)c1-c1nc(-c2ccccc2)nc(-c2ccccc2)n1. The zero-order valence-electron chi connectivity index (χ0n) is 72.1. The molecule has 0 aliphatic heterocycles. The molecule has 6 aromatic heterocycles. The summed E-state index contributed by atoms with van der Waals surface area (Å²) < 4.78 is 25.7. The third-order valence-electron chi connectivity index (χ3n) is 24.5. The van der Waals surface area contributed by atoms with E-state index in [1.165, 1.54) is 54.8 Å². The van der Waals surface area contributed by atoms with Crippen molar-refractivity contribution in [3.05, 3.63) is 379 Å². The van der Waals surface area contributed by atoms with Gasteiger partial charge in [-0.15, -0.1) is 0 Å². The molecule has 0 fully saturated rings. The fourth-order valence-electron chi connectivity index (χ4n) is 17.8. The van der Waals surface area contributed by atoms with E-state index in [1.54, 1.807) is 12.1 Å². The number of fused-ring (bicyclic) bond motifs is 12. The monoisotopic (exact) mass is 1620 g/mol. The van der Waals surface area contributed by atoms with Crippen LogP contribution in [0.15, 0.2) is 340 Å². The van der Waals surface area contributed by atoms with Gasteiger partial charge in [0.2, 0.25) is 5.69 Å². The van der Waals surface area contributed by atoms with E-state index >= 15 is 4.39 Å². The smallest absolute Gasteiger partial charge is 0.202 e. The molecule has 12 heteroatoms. The van der Waals surface area contributed by atoms with E-state index in [2.05, 4.69) is 294 Å². The van der Waals surface area contributed by atoms with Crippen molar-refractivity contribution in [2.24, 2.45) is 0 Å². The summed E-state index contributed by atoms with van der Waals surface area (Å²) in [4.78, 5) is 34.4. The van der Waals surface area contributed by atoms with E-state index in [1.807, 2.05) is 140 Å². The molecule has 15 aromatic carbocycles. The maximum atomic E-state index is 16.5. The van der Waals surface area contributed by atoms with Crippen molar-refractivity contribution in [1.82, 2.24) is 48.2 Å². The van der Waals surface area contributed by atoms with Gasteiger partial charge in [0, 0.05) is 93.7 Å². The van der Waals surface area contributed by atoms with Crippen molar-refractivity contribution in [2.45, 2.75) is 105 Å². The molecule has 0 aliphatic rings. The zero-order chi connectivity index (χ0) is 86.0.